The van der Waals surface area contributed by atoms with E-state index < -0.39 is 5.97 Å². The summed E-state index contributed by atoms with van der Waals surface area (Å²) < 4.78 is 0. The van der Waals surface area contributed by atoms with Gasteiger partial charge < -0.3 is 5.11 Å². The highest BCUT2D eigenvalue weighted by Crippen LogP contribution is 2.25. The summed E-state index contributed by atoms with van der Waals surface area (Å²) in [7, 11) is 0. The predicted molar refractivity (Wildman–Crippen MR) is 76.6 cm³/mol. The molecule has 1 heterocycles. The van der Waals surface area contributed by atoms with Gasteiger partial charge in [-0.1, -0.05) is 26.8 Å². The molecule has 0 amide bonds. The van der Waals surface area contributed by atoms with Crippen molar-refractivity contribution in [2.24, 2.45) is 0 Å². The number of aromatic carboxylic acids is 1. The van der Waals surface area contributed by atoms with Gasteiger partial charge in [-0.2, -0.15) is 0 Å². The first kappa shape index (κ1) is 14.1. The van der Waals surface area contributed by atoms with Crippen LogP contribution in [0.2, 0.25) is 0 Å². The average molecular weight is 261 g/mol. The number of carboxylic acids is 1. The van der Waals surface area contributed by atoms with Gasteiger partial charge in [-0.25, -0.2) is 4.79 Å². The third kappa shape index (κ3) is 3.57. The molecule has 0 aliphatic carbocycles. The van der Waals surface area contributed by atoms with E-state index in [-0.39, 0.29) is 5.41 Å². The maximum Gasteiger partial charge on any atom is 0.335 e. The Labute approximate surface area is 115 Å². The first-order valence-corrected chi connectivity index (χ1v) is 6.96. The maximum absolute atomic E-state index is 11.3. The van der Waals surface area contributed by atoms with E-state index in [9.17, 15) is 9.90 Å². The molecule has 19 heavy (non-hydrogen) atoms. The van der Waals surface area contributed by atoms with Gasteiger partial charge in [0.15, 0.2) is 0 Å². The third-order valence-electron chi connectivity index (χ3n) is 3.71. The molecule has 3 heteroatoms. The van der Waals surface area contributed by atoms with E-state index in [4.69, 9.17) is 0 Å². The molecule has 0 bridgehead atoms. The molecule has 0 unspecified atom stereocenters. The highest BCUT2D eigenvalue weighted by Gasteiger charge is 2.19. The van der Waals surface area contributed by atoms with Crippen molar-refractivity contribution in [3.05, 3.63) is 34.9 Å². The molecule has 104 valence electrons. The number of likely N-dealkylation sites (tertiary alicyclic amines) is 1. The van der Waals surface area contributed by atoms with Gasteiger partial charge in [-0.15, -0.1) is 0 Å². The quantitative estimate of drug-likeness (QED) is 0.907. The van der Waals surface area contributed by atoms with Crippen LogP contribution in [0, 0.1) is 0 Å². The largest absolute Gasteiger partial charge is 0.478 e. The van der Waals surface area contributed by atoms with Gasteiger partial charge in [0.25, 0.3) is 0 Å². The van der Waals surface area contributed by atoms with E-state index in [1.807, 2.05) is 6.07 Å². The molecule has 1 N–H and O–H groups in total. The van der Waals surface area contributed by atoms with Gasteiger partial charge in [0.2, 0.25) is 0 Å². The van der Waals surface area contributed by atoms with E-state index in [1.54, 1.807) is 6.07 Å². The Morgan fingerprint density at radius 3 is 2.37 bits per heavy atom. The summed E-state index contributed by atoms with van der Waals surface area (Å²) in [6.45, 7) is 9.48. The smallest absolute Gasteiger partial charge is 0.335 e. The number of carboxylic acid groups (broad SMARTS) is 1. The van der Waals surface area contributed by atoms with E-state index >= 15 is 0 Å². The van der Waals surface area contributed by atoms with Crippen molar-refractivity contribution < 1.29 is 9.90 Å². The van der Waals surface area contributed by atoms with Crippen LogP contribution in [0.3, 0.4) is 0 Å². The van der Waals surface area contributed by atoms with Crippen molar-refractivity contribution in [1.82, 2.24) is 4.90 Å². The number of hydrogen-bond donors (Lipinski definition) is 1. The minimum absolute atomic E-state index is 0.0226. The second kappa shape index (κ2) is 5.33. The molecule has 1 aliphatic heterocycles. The Balaban J connectivity index is 2.31. The van der Waals surface area contributed by atoms with Crippen LogP contribution in [0.15, 0.2) is 18.2 Å². The lowest BCUT2D eigenvalue weighted by Crippen LogP contribution is -2.20. The lowest BCUT2D eigenvalue weighted by atomic mass is 9.85. The minimum Gasteiger partial charge on any atom is -0.478 e. The molecule has 0 atom stereocenters. The third-order valence-corrected chi connectivity index (χ3v) is 3.71. The predicted octanol–water partition coefficient (Wildman–Crippen LogP) is 3.28. The topological polar surface area (TPSA) is 40.5 Å². The molecular formula is C16H23NO2. The van der Waals surface area contributed by atoms with Crippen molar-refractivity contribution in [3.8, 4) is 0 Å². The number of nitrogens with zero attached hydrogens (tertiary/aromatic N) is 1. The van der Waals surface area contributed by atoms with E-state index in [2.05, 4.69) is 31.7 Å². The highest BCUT2D eigenvalue weighted by atomic mass is 16.4. The Bertz CT molecular complexity index is 468. The zero-order valence-corrected chi connectivity index (χ0v) is 12.1. The highest BCUT2D eigenvalue weighted by molar-refractivity contribution is 5.88. The summed E-state index contributed by atoms with van der Waals surface area (Å²) in [5, 5.41) is 9.25. The molecule has 1 aromatic carbocycles. The van der Waals surface area contributed by atoms with E-state index in [1.165, 1.54) is 12.8 Å². The Kier molecular flexibility index (Phi) is 3.95. The van der Waals surface area contributed by atoms with Gasteiger partial charge >= 0.3 is 5.97 Å². The zero-order valence-electron chi connectivity index (χ0n) is 12.1. The van der Waals surface area contributed by atoms with Gasteiger partial charge in [-0.3, -0.25) is 4.90 Å². The molecule has 3 nitrogen and oxygen atoms in total. The van der Waals surface area contributed by atoms with Crippen molar-refractivity contribution in [2.45, 2.75) is 45.6 Å². The molecule has 0 saturated carbocycles. The summed E-state index contributed by atoms with van der Waals surface area (Å²) in [6, 6.07) is 5.77. The normalized spacial score (nSPS) is 16.8. The number of benzene rings is 1. The van der Waals surface area contributed by atoms with E-state index in [0.29, 0.717) is 5.56 Å². The van der Waals surface area contributed by atoms with Crippen LogP contribution in [-0.4, -0.2) is 29.1 Å². The van der Waals surface area contributed by atoms with Crippen LogP contribution in [0.25, 0.3) is 0 Å². The van der Waals surface area contributed by atoms with Crippen molar-refractivity contribution in [2.75, 3.05) is 13.1 Å². The second-order valence-electron chi connectivity index (χ2n) is 6.46. The molecular weight excluding hydrogens is 238 g/mol. The minimum atomic E-state index is -0.839. The second-order valence-corrected chi connectivity index (χ2v) is 6.46. The first-order chi connectivity index (χ1) is 8.86. The lowest BCUT2D eigenvalue weighted by Gasteiger charge is -2.22. The van der Waals surface area contributed by atoms with Crippen LogP contribution in [0.4, 0.5) is 0 Å². The molecule has 0 aromatic heterocycles. The summed E-state index contributed by atoms with van der Waals surface area (Å²) in [5.74, 6) is -0.839. The van der Waals surface area contributed by atoms with Gasteiger partial charge in [0.05, 0.1) is 5.56 Å². The molecule has 1 fully saturated rings. The van der Waals surface area contributed by atoms with Crippen LogP contribution in [-0.2, 0) is 12.0 Å². The van der Waals surface area contributed by atoms with Crippen molar-refractivity contribution in [3.63, 3.8) is 0 Å². The summed E-state index contributed by atoms with van der Waals surface area (Å²) >= 11 is 0. The SMILES string of the molecule is CC(C)(C)c1cc(CN2CCCC2)cc(C(=O)O)c1. The molecule has 1 aliphatic rings. The fourth-order valence-electron chi connectivity index (χ4n) is 2.54. The first-order valence-electron chi connectivity index (χ1n) is 6.96. The molecule has 1 aromatic rings. The maximum atomic E-state index is 11.3. The number of rotatable bonds is 3. The summed E-state index contributed by atoms with van der Waals surface area (Å²) in [5.41, 5.74) is 2.60. The summed E-state index contributed by atoms with van der Waals surface area (Å²) in [4.78, 5) is 13.7. The zero-order chi connectivity index (χ0) is 14.0. The lowest BCUT2D eigenvalue weighted by molar-refractivity contribution is 0.0696. The van der Waals surface area contributed by atoms with Gasteiger partial charge in [-0.05, 0) is 54.6 Å². The van der Waals surface area contributed by atoms with Crippen molar-refractivity contribution >= 4 is 5.97 Å². The van der Waals surface area contributed by atoms with Gasteiger partial charge in [0.1, 0.15) is 0 Å². The Morgan fingerprint density at radius 2 is 1.84 bits per heavy atom. The van der Waals surface area contributed by atoms with Crippen LogP contribution >= 0.6 is 0 Å². The van der Waals surface area contributed by atoms with Crippen LogP contribution in [0.1, 0.15) is 55.1 Å². The van der Waals surface area contributed by atoms with Gasteiger partial charge in [0, 0.05) is 6.54 Å². The average Bonchev–Trinajstić information content (AvgIpc) is 2.80. The number of hydrogen-bond acceptors (Lipinski definition) is 2. The fraction of sp³-hybridized carbons (Fsp3) is 0.562. The van der Waals surface area contributed by atoms with Crippen molar-refractivity contribution in [1.29, 1.82) is 0 Å². The Morgan fingerprint density at radius 1 is 1.21 bits per heavy atom. The standard InChI is InChI=1S/C16H23NO2/c1-16(2,3)14-9-12(8-13(10-14)15(18)19)11-17-6-4-5-7-17/h8-10H,4-7,11H2,1-3H3,(H,18,19). The van der Waals surface area contributed by atoms with E-state index in [0.717, 1.165) is 30.8 Å². The van der Waals surface area contributed by atoms with Crippen LogP contribution in [0.5, 0.6) is 0 Å². The van der Waals surface area contributed by atoms with Crippen LogP contribution < -0.4 is 0 Å². The molecule has 0 radical (unpaired) electrons. The molecule has 0 spiro atoms. The summed E-state index contributed by atoms with van der Waals surface area (Å²) in [6.07, 6.45) is 2.51. The monoisotopic (exact) mass is 261 g/mol. The Hall–Kier alpha value is -1.35. The molecule has 2 rings (SSSR count). The fourth-order valence-corrected chi connectivity index (χ4v) is 2.54. The molecule has 1 saturated heterocycles. The number of carbonyl (C=O) groups is 1.